The monoisotopic (exact) mass is 231 g/mol. The number of fused-ring (bicyclic) bond motifs is 1. The molecule has 0 aromatic heterocycles. The van der Waals surface area contributed by atoms with Crippen molar-refractivity contribution in [3.05, 3.63) is 46.5 Å². The van der Waals surface area contributed by atoms with Crippen LogP contribution < -0.4 is 4.74 Å². The maximum atomic E-state index is 10.9. The van der Waals surface area contributed by atoms with Gasteiger partial charge in [0.2, 0.25) is 0 Å². The Balaban J connectivity index is 2.58. The molecule has 0 saturated carbocycles. The zero-order chi connectivity index (χ0) is 12.3. The first-order chi connectivity index (χ1) is 8.24. The van der Waals surface area contributed by atoms with Crippen LogP contribution in [0, 0.1) is 10.1 Å². The molecule has 0 heterocycles. The van der Waals surface area contributed by atoms with Crippen LogP contribution >= 0.6 is 0 Å². The third-order valence-electron chi connectivity index (χ3n) is 2.52. The van der Waals surface area contributed by atoms with E-state index >= 15 is 0 Å². The molecule has 0 aliphatic rings. The molecule has 2 rings (SSSR count). The molecule has 0 spiro atoms. The molecular formula is C13H13NO3. The minimum Gasteiger partial charge on any atom is -0.493 e. The van der Waals surface area contributed by atoms with Gasteiger partial charge < -0.3 is 4.74 Å². The number of hydrogen-bond acceptors (Lipinski definition) is 3. The van der Waals surface area contributed by atoms with E-state index in [0.717, 1.165) is 11.8 Å². The first-order valence-electron chi connectivity index (χ1n) is 5.53. The molecule has 0 bridgehead atoms. The topological polar surface area (TPSA) is 52.4 Å². The lowest BCUT2D eigenvalue weighted by atomic mass is 10.1. The zero-order valence-corrected chi connectivity index (χ0v) is 9.55. The van der Waals surface area contributed by atoms with Crippen molar-refractivity contribution in [1.82, 2.24) is 0 Å². The molecule has 0 amide bonds. The van der Waals surface area contributed by atoms with Gasteiger partial charge in [-0.15, -0.1) is 0 Å². The number of nitro benzene ring substituents is 1. The predicted octanol–water partition coefficient (Wildman–Crippen LogP) is 3.54. The standard InChI is InChI=1S/C13H13NO3/c1-2-9-17-13-8-7-12(14(15)16)10-5-3-4-6-11(10)13/h3-8H,2,9H2,1H3. The third kappa shape index (κ3) is 2.20. The van der Waals surface area contributed by atoms with Crippen molar-refractivity contribution in [3.63, 3.8) is 0 Å². The predicted molar refractivity (Wildman–Crippen MR) is 66.4 cm³/mol. The van der Waals surface area contributed by atoms with Crippen molar-refractivity contribution < 1.29 is 9.66 Å². The second-order valence-corrected chi connectivity index (χ2v) is 3.73. The molecule has 0 N–H and O–H groups in total. The van der Waals surface area contributed by atoms with E-state index in [1.54, 1.807) is 18.2 Å². The molecule has 0 atom stereocenters. The summed E-state index contributed by atoms with van der Waals surface area (Å²) in [6.45, 7) is 2.63. The largest absolute Gasteiger partial charge is 0.493 e. The summed E-state index contributed by atoms with van der Waals surface area (Å²) < 4.78 is 5.58. The van der Waals surface area contributed by atoms with Gasteiger partial charge >= 0.3 is 0 Å². The molecule has 0 unspecified atom stereocenters. The van der Waals surface area contributed by atoms with Gasteiger partial charge in [-0.1, -0.05) is 25.1 Å². The van der Waals surface area contributed by atoms with Gasteiger partial charge in [0, 0.05) is 11.5 Å². The number of ether oxygens (including phenoxy) is 1. The van der Waals surface area contributed by atoms with Gasteiger partial charge in [0.1, 0.15) is 5.75 Å². The number of benzene rings is 2. The van der Waals surface area contributed by atoms with Crippen molar-refractivity contribution in [2.45, 2.75) is 13.3 Å². The fraction of sp³-hybridized carbons (Fsp3) is 0.231. The Labute approximate surface area is 99.0 Å². The fourth-order valence-corrected chi connectivity index (χ4v) is 1.75. The van der Waals surface area contributed by atoms with Crippen LogP contribution in [0.2, 0.25) is 0 Å². The summed E-state index contributed by atoms with van der Waals surface area (Å²) in [4.78, 5) is 10.5. The van der Waals surface area contributed by atoms with Crippen molar-refractivity contribution in [2.75, 3.05) is 6.61 Å². The van der Waals surface area contributed by atoms with E-state index in [1.807, 2.05) is 19.1 Å². The molecular weight excluding hydrogens is 218 g/mol. The number of rotatable bonds is 4. The van der Waals surface area contributed by atoms with E-state index in [-0.39, 0.29) is 10.6 Å². The Bertz CT molecular complexity index is 551. The number of non-ortho nitro benzene ring substituents is 1. The van der Waals surface area contributed by atoms with Crippen LogP contribution in [0.3, 0.4) is 0 Å². The third-order valence-corrected chi connectivity index (χ3v) is 2.52. The Hall–Kier alpha value is -2.10. The Kier molecular flexibility index (Phi) is 3.23. The number of nitrogens with zero attached hydrogens (tertiary/aromatic N) is 1. The van der Waals surface area contributed by atoms with E-state index in [0.29, 0.717) is 17.7 Å². The lowest BCUT2D eigenvalue weighted by molar-refractivity contribution is -0.383. The normalized spacial score (nSPS) is 10.4. The molecule has 0 saturated heterocycles. The number of nitro groups is 1. The lowest BCUT2D eigenvalue weighted by Crippen LogP contribution is -1.97. The van der Waals surface area contributed by atoms with Crippen LogP contribution in [0.4, 0.5) is 5.69 Å². The molecule has 2 aromatic rings. The van der Waals surface area contributed by atoms with Gasteiger partial charge in [0.15, 0.2) is 0 Å². The second kappa shape index (κ2) is 4.82. The molecule has 4 nitrogen and oxygen atoms in total. The summed E-state index contributed by atoms with van der Waals surface area (Å²) in [5.41, 5.74) is 0.115. The van der Waals surface area contributed by atoms with E-state index in [2.05, 4.69) is 0 Å². The molecule has 17 heavy (non-hydrogen) atoms. The fourth-order valence-electron chi connectivity index (χ4n) is 1.75. The van der Waals surface area contributed by atoms with Gasteiger partial charge in [-0.2, -0.15) is 0 Å². The van der Waals surface area contributed by atoms with Crippen molar-refractivity contribution in [3.8, 4) is 5.75 Å². The highest BCUT2D eigenvalue weighted by molar-refractivity contribution is 5.95. The SMILES string of the molecule is CCCOc1ccc([N+](=O)[O-])c2ccccc12. The average molecular weight is 231 g/mol. The van der Waals surface area contributed by atoms with Crippen molar-refractivity contribution in [2.24, 2.45) is 0 Å². The zero-order valence-electron chi connectivity index (χ0n) is 9.55. The minimum atomic E-state index is -0.369. The van der Waals surface area contributed by atoms with Gasteiger partial charge in [-0.3, -0.25) is 10.1 Å². The van der Waals surface area contributed by atoms with Gasteiger partial charge in [-0.25, -0.2) is 0 Å². The van der Waals surface area contributed by atoms with Crippen LogP contribution in [0.5, 0.6) is 5.75 Å². The Morgan fingerprint density at radius 2 is 1.88 bits per heavy atom. The van der Waals surface area contributed by atoms with E-state index in [9.17, 15) is 10.1 Å². The molecule has 0 fully saturated rings. The molecule has 0 aliphatic heterocycles. The molecule has 0 aliphatic carbocycles. The summed E-state index contributed by atoms with van der Waals surface area (Å²) in [5.74, 6) is 0.702. The van der Waals surface area contributed by atoms with E-state index in [1.165, 1.54) is 6.07 Å². The van der Waals surface area contributed by atoms with Crippen LogP contribution in [-0.4, -0.2) is 11.5 Å². The summed E-state index contributed by atoms with van der Waals surface area (Å²) in [6, 6.07) is 10.4. The minimum absolute atomic E-state index is 0.115. The average Bonchev–Trinajstić information content (AvgIpc) is 2.35. The van der Waals surface area contributed by atoms with Crippen LogP contribution in [0.25, 0.3) is 10.8 Å². The molecule has 4 heteroatoms. The highest BCUT2D eigenvalue weighted by atomic mass is 16.6. The summed E-state index contributed by atoms with van der Waals surface area (Å²) in [5, 5.41) is 12.3. The Morgan fingerprint density at radius 1 is 1.18 bits per heavy atom. The van der Waals surface area contributed by atoms with Crippen LogP contribution in [-0.2, 0) is 0 Å². The summed E-state index contributed by atoms with van der Waals surface area (Å²) >= 11 is 0. The first kappa shape index (κ1) is 11.4. The smallest absolute Gasteiger partial charge is 0.277 e. The molecule has 88 valence electrons. The Morgan fingerprint density at radius 3 is 2.53 bits per heavy atom. The summed E-state index contributed by atoms with van der Waals surface area (Å²) in [6.07, 6.45) is 0.908. The highest BCUT2D eigenvalue weighted by Gasteiger charge is 2.13. The van der Waals surface area contributed by atoms with Crippen LogP contribution in [0.15, 0.2) is 36.4 Å². The van der Waals surface area contributed by atoms with Crippen molar-refractivity contribution >= 4 is 16.5 Å². The van der Waals surface area contributed by atoms with E-state index < -0.39 is 0 Å². The second-order valence-electron chi connectivity index (χ2n) is 3.73. The maximum absolute atomic E-state index is 10.9. The van der Waals surface area contributed by atoms with Gasteiger partial charge in [0.05, 0.1) is 16.9 Å². The van der Waals surface area contributed by atoms with Crippen LogP contribution in [0.1, 0.15) is 13.3 Å². The molecule has 0 radical (unpaired) electrons. The maximum Gasteiger partial charge on any atom is 0.277 e. The van der Waals surface area contributed by atoms with E-state index in [4.69, 9.17) is 4.74 Å². The quantitative estimate of drug-likeness (QED) is 0.597. The van der Waals surface area contributed by atoms with Gasteiger partial charge in [0.25, 0.3) is 5.69 Å². The van der Waals surface area contributed by atoms with Crippen molar-refractivity contribution in [1.29, 1.82) is 0 Å². The first-order valence-corrected chi connectivity index (χ1v) is 5.53. The molecule has 2 aromatic carbocycles. The highest BCUT2D eigenvalue weighted by Crippen LogP contribution is 2.32. The van der Waals surface area contributed by atoms with Gasteiger partial charge in [-0.05, 0) is 18.6 Å². The number of hydrogen-bond donors (Lipinski definition) is 0. The summed E-state index contributed by atoms with van der Waals surface area (Å²) in [7, 11) is 0. The lowest BCUT2D eigenvalue weighted by Gasteiger charge is -2.08.